The highest BCUT2D eigenvalue weighted by atomic mass is 16.2. The van der Waals surface area contributed by atoms with Crippen molar-refractivity contribution in [1.29, 1.82) is 0 Å². The SMILES string of the molecule is CCCC(C=O)NC(=O)c1ccc(-c2cc3ccc4ccccc4c3cn2)cc1. The van der Waals surface area contributed by atoms with Crippen LogP contribution in [-0.2, 0) is 4.79 Å². The van der Waals surface area contributed by atoms with E-state index in [0.717, 1.165) is 34.7 Å². The topological polar surface area (TPSA) is 59.1 Å². The maximum absolute atomic E-state index is 12.4. The van der Waals surface area contributed by atoms with Crippen LogP contribution in [-0.4, -0.2) is 23.2 Å². The Bertz CT molecular complexity index is 1180. The molecule has 144 valence electrons. The van der Waals surface area contributed by atoms with Gasteiger partial charge < -0.3 is 10.1 Å². The number of fused-ring (bicyclic) bond motifs is 3. The molecule has 1 amide bonds. The predicted molar refractivity (Wildman–Crippen MR) is 117 cm³/mol. The van der Waals surface area contributed by atoms with Crippen LogP contribution in [0.15, 0.2) is 72.9 Å². The lowest BCUT2D eigenvalue weighted by molar-refractivity contribution is -0.109. The van der Waals surface area contributed by atoms with Crippen LogP contribution < -0.4 is 5.32 Å². The number of aromatic nitrogens is 1. The van der Waals surface area contributed by atoms with Crippen LogP contribution in [0.3, 0.4) is 0 Å². The van der Waals surface area contributed by atoms with Crippen LogP contribution in [0, 0.1) is 0 Å². The molecule has 1 N–H and O–H groups in total. The molecular formula is C25H22N2O2. The first-order valence-electron chi connectivity index (χ1n) is 9.83. The minimum atomic E-state index is -0.441. The van der Waals surface area contributed by atoms with Crippen molar-refractivity contribution in [3.8, 4) is 11.3 Å². The highest BCUT2D eigenvalue weighted by molar-refractivity contribution is 6.07. The van der Waals surface area contributed by atoms with Gasteiger partial charge in [0, 0.05) is 22.7 Å². The molecule has 1 heterocycles. The van der Waals surface area contributed by atoms with E-state index < -0.39 is 6.04 Å². The average molecular weight is 382 g/mol. The molecule has 1 atom stereocenters. The molecule has 1 unspecified atom stereocenters. The Morgan fingerprint density at radius 3 is 2.52 bits per heavy atom. The fourth-order valence-electron chi connectivity index (χ4n) is 3.59. The molecule has 0 bridgehead atoms. The summed E-state index contributed by atoms with van der Waals surface area (Å²) >= 11 is 0. The molecular weight excluding hydrogens is 360 g/mol. The standard InChI is InChI=1S/C25H22N2O2/c1-2-5-21(16-28)27-25(29)19-11-9-18(10-12-19)24-14-20-13-8-17-6-3-4-7-22(17)23(20)15-26-24/h3-4,6-16,21H,2,5H2,1H3,(H,27,29). The van der Waals surface area contributed by atoms with Crippen molar-refractivity contribution in [2.75, 3.05) is 0 Å². The Morgan fingerprint density at radius 1 is 1.00 bits per heavy atom. The van der Waals surface area contributed by atoms with Crippen LogP contribution >= 0.6 is 0 Å². The molecule has 0 fully saturated rings. The molecule has 4 rings (SSSR count). The van der Waals surface area contributed by atoms with E-state index in [0.29, 0.717) is 12.0 Å². The molecule has 0 saturated heterocycles. The molecule has 0 spiro atoms. The number of carbonyl (C=O) groups is 2. The molecule has 0 aliphatic heterocycles. The minimum Gasteiger partial charge on any atom is -0.343 e. The number of nitrogens with one attached hydrogen (secondary N) is 1. The monoisotopic (exact) mass is 382 g/mol. The van der Waals surface area contributed by atoms with E-state index in [2.05, 4.69) is 40.6 Å². The Kier molecular flexibility index (Phi) is 5.34. The summed E-state index contributed by atoms with van der Waals surface area (Å²) in [5.41, 5.74) is 2.33. The fourth-order valence-corrected chi connectivity index (χ4v) is 3.59. The van der Waals surface area contributed by atoms with E-state index >= 15 is 0 Å². The Labute approximate surface area is 169 Å². The predicted octanol–water partition coefficient (Wildman–Crippen LogP) is 5.15. The molecule has 0 saturated carbocycles. The Morgan fingerprint density at radius 2 is 1.76 bits per heavy atom. The molecule has 3 aromatic carbocycles. The van der Waals surface area contributed by atoms with Crippen LogP contribution in [0.5, 0.6) is 0 Å². The average Bonchev–Trinajstić information content (AvgIpc) is 2.78. The number of hydrogen-bond acceptors (Lipinski definition) is 3. The van der Waals surface area contributed by atoms with E-state index in [-0.39, 0.29) is 5.91 Å². The number of carbonyl (C=O) groups excluding carboxylic acids is 2. The lowest BCUT2D eigenvalue weighted by Gasteiger charge is -2.12. The minimum absolute atomic E-state index is 0.236. The first kappa shape index (κ1) is 18.8. The van der Waals surface area contributed by atoms with Gasteiger partial charge in [-0.2, -0.15) is 0 Å². The molecule has 1 aromatic heterocycles. The van der Waals surface area contributed by atoms with Gasteiger partial charge >= 0.3 is 0 Å². The van der Waals surface area contributed by atoms with Crippen LogP contribution in [0.2, 0.25) is 0 Å². The van der Waals surface area contributed by atoms with Gasteiger partial charge in [-0.3, -0.25) is 9.78 Å². The molecule has 4 heteroatoms. The lowest BCUT2D eigenvalue weighted by atomic mass is 10.0. The summed E-state index contributed by atoms with van der Waals surface area (Å²) in [6.45, 7) is 1.98. The second-order valence-electron chi connectivity index (χ2n) is 7.16. The van der Waals surface area contributed by atoms with Gasteiger partial charge in [-0.1, -0.05) is 61.9 Å². The van der Waals surface area contributed by atoms with Crippen molar-refractivity contribution < 1.29 is 9.59 Å². The number of pyridine rings is 1. The molecule has 4 nitrogen and oxygen atoms in total. The van der Waals surface area contributed by atoms with Crippen LogP contribution in [0.1, 0.15) is 30.1 Å². The largest absolute Gasteiger partial charge is 0.343 e. The van der Waals surface area contributed by atoms with Gasteiger partial charge in [0.05, 0.1) is 11.7 Å². The van der Waals surface area contributed by atoms with E-state index in [1.54, 1.807) is 12.1 Å². The number of amides is 1. The number of rotatable bonds is 6. The van der Waals surface area contributed by atoms with Crippen molar-refractivity contribution in [2.24, 2.45) is 0 Å². The summed E-state index contributed by atoms with van der Waals surface area (Å²) in [7, 11) is 0. The summed E-state index contributed by atoms with van der Waals surface area (Å²) in [5, 5.41) is 7.40. The smallest absolute Gasteiger partial charge is 0.251 e. The number of nitrogens with zero attached hydrogens (tertiary/aromatic N) is 1. The maximum Gasteiger partial charge on any atom is 0.251 e. The van der Waals surface area contributed by atoms with Gasteiger partial charge in [0.1, 0.15) is 6.29 Å². The lowest BCUT2D eigenvalue weighted by Crippen LogP contribution is -2.35. The van der Waals surface area contributed by atoms with Gasteiger partial charge in [-0.05, 0) is 40.8 Å². The van der Waals surface area contributed by atoms with Crippen molar-refractivity contribution in [1.82, 2.24) is 10.3 Å². The zero-order chi connectivity index (χ0) is 20.2. The summed E-state index contributed by atoms with van der Waals surface area (Å²) < 4.78 is 0. The first-order valence-corrected chi connectivity index (χ1v) is 9.83. The summed E-state index contributed by atoms with van der Waals surface area (Å²) in [4.78, 5) is 28.1. The third-order valence-corrected chi connectivity index (χ3v) is 5.15. The van der Waals surface area contributed by atoms with Gasteiger partial charge in [-0.15, -0.1) is 0 Å². The number of hydrogen-bond donors (Lipinski definition) is 1. The van der Waals surface area contributed by atoms with Gasteiger partial charge in [0.25, 0.3) is 5.91 Å². The number of aldehydes is 1. The molecule has 4 aromatic rings. The van der Waals surface area contributed by atoms with Crippen molar-refractivity contribution in [3.05, 3.63) is 78.5 Å². The maximum atomic E-state index is 12.4. The number of benzene rings is 3. The Balaban J connectivity index is 1.60. The zero-order valence-corrected chi connectivity index (χ0v) is 16.3. The third-order valence-electron chi connectivity index (χ3n) is 5.15. The molecule has 29 heavy (non-hydrogen) atoms. The van der Waals surface area contributed by atoms with E-state index in [4.69, 9.17) is 0 Å². The van der Waals surface area contributed by atoms with E-state index in [1.807, 2.05) is 37.4 Å². The van der Waals surface area contributed by atoms with Crippen LogP contribution in [0.4, 0.5) is 0 Å². The zero-order valence-electron chi connectivity index (χ0n) is 16.3. The first-order chi connectivity index (χ1) is 14.2. The van der Waals surface area contributed by atoms with Gasteiger partial charge in [0.2, 0.25) is 0 Å². The second-order valence-corrected chi connectivity index (χ2v) is 7.16. The van der Waals surface area contributed by atoms with Crippen molar-refractivity contribution in [3.63, 3.8) is 0 Å². The van der Waals surface area contributed by atoms with Gasteiger partial charge in [0.15, 0.2) is 0 Å². The van der Waals surface area contributed by atoms with Crippen molar-refractivity contribution >= 4 is 33.7 Å². The van der Waals surface area contributed by atoms with E-state index in [9.17, 15) is 9.59 Å². The fraction of sp³-hybridized carbons (Fsp3) is 0.160. The second kappa shape index (κ2) is 8.23. The quantitative estimate of drug-likeness (QED) is 0.370. The molecule has 0 radical (unpaired) electrons. The summed E-state index contributed by atoms with van der Waals surface area (Å²) in [6, 6.07) is 21.5. The highest BCUT2D eigenvalue weighted by Gasteiger charge is 2.12. The molecule has 0 aliphatic rings. The Hall–Kier alpha value is -3.53. The normalized spacial score (nSPS) is 12.0. The third kappa shape index (κ3) is 3.87. The van der Waals surface area contributed by atoms with E-state index in [1.165, 1.54) is 10.8 Å². The van der Waals surface area contributed by atoms with Gasteiger partial charge in [-0.25, -0.2) is 0 Å². The highest BCUT2D eigenvalue weighted by Crippen LogP contribution is 2.28. The van der Waals surface area contributed by atoms with Crippen molar-refractivity contribution in [2.45, 2.75) is 25.8 Å². The van der Waals surface area contributed by atoms with Crippen LogP contribution in [0.25, 0.3) is 32.8 Å². The summed E-state index contributed by atoms with van der Waals surface area (Å²) in [5.74, 6) is -0.236. The summed E-state index contributed by atoms with van der Waals surface area (Å²) in [6.07, 6.45) is 4.18. The molecule has 0 aliphatic carbocycles.